The van der Waals surface area contributed by atoms with Crippen molar-refractivity contribution >= 4 is 22.6 Å². The Morgan fingerprint density at radius 2 is 1.16 bits per heavy atom. The number of rotatable bonds is 5. The quantitative estimate of drug-likeness (QED) is 0.422. The summed E-state index contributed by atoms with van der Waals surface area (Å²) < 4.78 is 12.9. The van der Waals surface area contributed by atoms with Gasteiger partial charge in [0.05, 0.1) is 18.1 Å². The highest BCUT2D eigenvalue weighted by molar-refractivity contribution is 6.74. The Morgan fingerprint density at radius 1 is 0.750 bits per heavy atom. The van der Waals surface area contributed by atoms with Crippen LogP contribution in [-0.2, 0) is 13.6 Å². The molecular formula is C26H50O4Si2. The number of carbonyl (C=O) groups is 1. The number of fused-ring (bicyclic) bond motifs is 2. The lowest BCUT2D eigenvalue weighted by molar-refractivity contribution is -0.144. The van der Waals surface area contributed by atoms with Crippen molar-refractivity contribution in [3.05, 3.63) is 0 Å². The number of carboxylic acids is 1. The van der Waals surface area contributed by atoms with Crippen molar-refractivity contribution in [3.63, 3.8) is 0 Å². The van der Waals surface area contributed by atoms with Crippen LogP contribution in [0.5, 0.6) is 0 Å². The molecule has 0 aromatic carbocycles. The fourth-order valence-electron chi connectivity index (χ4n) is 5.33. The molecule has 0 bridgehead atoms. The van der Waals surface area contributed by atoms with Crippen molar-refractivity contribution in [2.75, 3.05) is 0 Å². The number of carboxylic acid groups (broad SMARTS) is 1. The van der Waals surface area contributed by atoms with Gasteiger partial charge in [-0.05, 0) is 91.5 Å². The second-order valence-electron chi connectivity index (χ2n) is 14.4. The van der Waals surface area contributed by atoms with Crippen molar-refractivity contribution in [2.24, 2.45) is 35.5 Å². The van der Waals surface area contributed by atoms with Crippen LogP contribution in [0.2, 0.25) is 36.3 Å². The molecule has 1 N–H and O–H groups in total. The predicted molar refractivity (Wildman–Crippen MR) is 137 cm³/mol. The number of hydrogen-bond donors (Lipinski definition) is 1. The summed E-state index contributed by atoms with van der Waals surface area (Å²) in [5.41, 5.74) is 0. The first kappa shape index (κ1) is 26.4. The van der Waals surface area contributed by atoms with Gasteiger partial charge in [0.25, 0.3) is 0 Å². The first-order chi connectivity index (χ1) is 14.4. The predicted octanol–water partition coefficient (Wildman–Crippen LogP) is 7.17. The fraction of sp³-hybridized carbons (Fsp3) is 0.962. The zero-order valence-corrected chi connectivity index (χ0v) is 24.6. The van der Waals surface area contributed by atoms with E-state index >= 15 is 0 Å². The standard InChI is InChI=1S/C13H24O3Si.C13H26OSi/c1-13(2,3)17(4,5)16-11-9-6-8(9)7-10(11)12(14)15;1-9-7-10-8-11(10)12(9)14-15(5,6)13(2,3)4/h8-11H,6-7H2,1-5H3,(H,14,15);9-12H,7-8H2,1-6H3/t8-,9-,10-,11-;9-,10+,11-,12+/m00/s1. The highest BCUT2D eigenvalue weighted by Gasteiger charge is 2.58. The summed E-state index contributed by atoms with van der Waals surface area (Å²) in [6.07, 6.45) is 5.46. The minimum absolute atomic E-state index is 0.0154. The average Bonchev–Trinajstić information content (AvgIpc) is 3.48. The van der Waals surface area contributed by atoms with Crippen LogP contribution in [0.25, 0.3) is 0 Å². The van der Waals surface area contributed by atoms with Crippen LogP contribution in [-0.4, -0.2) is 39.9 Å². The zero-order valence-electron chi connectivity index (χ0n) is 22.6. The minimum atomic E-state index is -1.84. The van der Waals surface area contributed by atoms with Gasteiger partial charge in [-0.25, -0.2) is 0 Å². The third kappa shape index (κ3) is 5.39. The topological polar surface area (TPSA) is 55.8 Å². The lowest BCUT2D eigenvalue weighted by atomic mass is 10.0. The third-order valence-corrected chi connectivity index (χ3v) is 18.7. The van der Waals surface area contributed by atoms with Crippen molar-refractivity contribution in [2.45, 2.75) is 123 Å². The Labute approximate surface area is 199 Å². The summed E-state index contributed by atoms with van der Waals surface area (Å²) in [7, 11) is -3.36. The molecular weight excluding hydrogens is 432 g/mol. The van der Waals surface area contributed by atoms with E-state index < -0.39 is 22.6 Å². The van der Waals surface area contributed by atoms with Gasteiger partial charge < -0.3 is 14.0 Å². The van der Waals surface area contributed by atoms with Gasteiger partial charge in [0.2, 0.25) is 0 Å². The molecule has 0 spiro atoms. The van der Waals surface area contributed by atoms with Gasteiger partial charge >= 0.3 is 5.97 Å². The van der Waals surface area contributed by atoms with E-state index in [1.165, 1.54) is 19.3 Å². The Bertz CT molecular complexity index is 704. The Hall–Kier alpha value is -0.176. The highest BCUT2D eigenvalue weighted by atomic mass is 28.4. The van der Waals surface area contributed by atoms with Crippen LogP contribution in [0.1, 0.15) is 74.1 Å². The van der Waals surface area contributed by atoms with E-state index in [4.69, 9.17) is 8.85 Å². The molecule has 186 valence electrons. The van der Waals surface area contributed by atoms with Gasteiger partial charge in [-0.3, -0.25) is 4.79 Å². The van der Waals surface area contributed by atoms with Crippen LogP contribution in [0.15, 0.2) is 0 Å². The number of aliphatic carboxylic acids is 1. The SMILES string of the molecule is CC(C)(C)[Si](C)(C)O[C@H]1[C@H]2C[C@H]2C[C@@H]1C(=O)O.C[C@H]1C[C@@H]2C[C@@H]2[C@@H]1O[Si](C)(C)C(C)(C)C. The first-order valence-electron chi connectivity index (χ1n) is 12.9. The van der Waals surface area contributed by atoms with Gasteiger partial charge in [0.15, 0.2) is 16.6 Å². The highest BCUT2D eigenvalue weighted by Crippen LogP contribution is 2.58. The molecule has 0 aromatic rings. The van der Waals surface area contributed by atoms with E-state index in [2.05, 4.69) is 74.7 Å². The van der Waals surface area contributed by atoms with E-state index in [9.17, 15) is 9.90 Å². The van der Waals surface area contributed by atoms with Gasteiger partial charge in [-0.15, -0.1) is 0 Å². The van der Waals surface area contributed by atoms with E-state index in [-0.39, 0.29) is 17.1 Å². The summed E-state index contributed by atoms with van der Waals surface area (Å²) in [5.74, 6) is 3.00. The summed E-state index contributed by atoms with van der Waals surface area (Å²) >= 11 is 0. The molecule has 4 saturated carbocycles. The van der Waals surface area contributed by atoms with Crippen molar-refractivity contribution in [1.29, 1.82) is 0 Å². The third-order valence-electron chi connectivity index (χ3n) is 9.78. The maximum Gasteiger partial charge on any atom is 0.309 e. The molecule has 4 rings (SSSR count). The fourth-order valence-corrected chi connectivity index (χ4v) is 8.14. The molecule has 0 aliphatic heterocycles. The van der Waals surface area contributed by atoms with Crippen LogP contribution in [0, 0.1) is 35.5 Å². The number of hydrogen-bond acceptors (Lipinski definition) is 3. The van der Waals surface area contributed by atoms with Crippen LogP contribution in [0.4, 0.5) is 0 Å². The molecule has 32 heavy (non-hydrogen) atoms. The summed E-state index contributed by atoms with van der Waals surface area (Å²) in [6.45, 7) is 25.2. The molecule has 4 nitrogen and oxygen atoms in total. The molecule has 8 atom stereocenters. The van der Waals surface area contributed by atoms with Gasteiger partial charge in [0, 0.05) is 0 Å². The molecule has 0 radical (unpaired) electrons. The van der Waals surface area contributed by atoms with Crippen molar-refractivity contribution in [3.8, 4) is 0 Å². The van der Waals surface area contributed by atoms with E-state index in [1.54, 1.807) is 0 Å². The van der Waals surface area contributed by atoms with Crippen LogP contribution in [0.3, 0.4) is 0 Å². The molecule has 0 aromatic heterocycles. The molecule has 4 fully saturated rings. The van der Waals surface area contributed by atoms with Crippen LogP contribution >= 0.6 is 0 Å². The van der Waals surface area contributed by atoms with Crippen LogP contribution < -0.4 is 0 Å². The maximum atomic E-state index is 11.2. The van der Waals surface area contributed by atoms with E-state index in [0.29, 0.717) is 23.0 Å². The molecule has 0 unspecified atom stereocenters. The van der Waals surface area contributed by atoms with Gasteiger partial charge in [0.1, 0.15) is 0 Å². The van der Waals surface area contributed by atoms with Crippen molar-refractivity contribution in [1.82, 2.24) is 0 Å². The summed E-state index contributed by atoms with van der Waals surface area (Å²) in [5, 5.41) is 9.77. The molecule has 6 heteroatoms. The molecule has 0 amide bonds. The summed E-state index contributed by atoms with van der Waals surface area (Å²) in [6, 6.07) is 0. The zero-order chi connectivity index (χ0) is 24.4. The molecule has 4 aliphatic rings. The minimum Gasteiger partial charge on any atom is -0.481 e. The normalized spacial score (nSPS) is 38.5. The Kier molecular flexibility index (Phi) is 7.01. The molecule has 0 saturated heterocycles. The lowest BCUT2D eigenvalue weighted by Gasteiger charge is -2.40. The maximum absolute atomic E-state index is 11.2. The monoisotopic (exact) mass is 482 g/mol. The molecule has 0 heterocycles. The van der Waals surface area contributed by atoms with E-state index in [1.807, 2.05) is 0 Å². The first-order valence-corrected chi connectivity index (χ1v) is 18.8. The van der Waals surface area contributed by atoms with Gasteiger partial charge in [-0.2, -0.15) is 0 Å². The Balaban J connectivity index is 0.000000182. The smallest absolute Gasteiger partial charge is 0.309 e. The molecule has 4 aliphatic carbocycles. The van der Waals surface area contributed by atoms with Gasteiger partial charge in [-0.1, -0.05) is 48.5 Å². The van der Waals surface area contributed by atoms with E-state index in [0.717, 1.165) is 24.2 Å². The lowest BCUT2D eigenvalue weighted by Crippen LogP contribution is -2.46. The summed E-state index contributed by atoms with van der Waals surface area (Å²) in [4.78, 5) is 11.2. The second-order valence-corrected chi connectivity index (χ2v) is 23.9. The Morgan fingerprint density at radius 3 is 1.53 bits per heavy atom. The largest absolute Gasteiger partial charge is 0.481 e. The van der Waals surface area contributed by atoms with Crippen molar-refractivity contribution < 1.29 is 18.8 Å². The average molecular weight is 483 g/mol. The second kappa shape index (κ2) is 8.49.